The lowest BCUT2D eigenvalue weighted by molar-refractivity contribution is 0.0687. The third-order valence-electron chi connectivity index (χ3n) is 3.68. The largest absolute Gasteiger partial charge is 0.497 e. The molecule has 0 aliphatic carbocycles. The smallest absolute Gasteiger partial charge is 0.339 e. The molecule has 25 heavy (non-hydrogen) atoms. The maximum atomic E-state index is 11.6. The summed E-state index contributed by atoms with van der Waals surface area (Å²) < 4.78 is 5.16. The molecule has 3 N–H and O–H groups in total. The number of rotatable bonds is 5. The summed E-state index contributed by atoms with van der Waals surface area (Å²) in [5.41, 5.74) is 1.35. The van der Waals surface area contributed by atoms with Gasteiger partial charge in [0.05, 0.1) is 23.9 Å². The maximum absolute atomic E-state index is 11.6. The zero-order valence-corrected chi connectivity index (χ0v) is 13.2. The predicted octanol–water partition coefficient (Wildman–Crippen LogP) is 3.38. The van der Waals surface area contributed by atoms with E-state index in [9.17, 15) is 19.8 Å². The van der Waals surface area contributed by atoms with Crippen molar-refractivity contribution in [1.82, 2.24) is 4.98 Å². The fourth-order valence-electron chi connectivity index (χ4n) is 2.47. The molecule has 0 spiro atoms. The van der Waals surface area contributed by atoms with Crippen LogP contribution >= 0.6 is 0 Å². The van der Waals surface area contributed by atoms with Crippen molar-refractivity contribution in [1.29, 1.82) is 0 Å². The molecule has 0 amide bonds. The van der Waals surface area contributed by atoms with Crippen LogP contribution < -0.4 is 10.1 Å². The summed E-state index contributed by atoms with van der Waals surface area (Å²) in [5.74, 6) is -1.66. The summed E-state index contributed by atoms with van der Waals surface area (Å²) in [6.45, 7) is 0. The van der Waals surface area contributed by atoms with Crippen molar-refractivity contribution in [2.24, 2.45) is 0 Å². The SMILES string of the molecule is COc1cccc(Nc2c(C(=O)O)cnc3ccc(C(=O)O)cc23)c1. The van der Waals surface area contributed by atoms with E-state index in [1.54, 1.807) is 30.3 Å². The first-order chi connectivity index (χ1) is 12.0. The van der Waals surface area contributed by atoms with E-state index < -0.39 is 11.9 Å². The van der Waals surface area contributed by atoms with E-state index in [0.717, 1.165) is 0 Å². The molecule has 3 rings (SSSR count). The molecule has 7 heteroatoms. The van der Waals surface area contributed by atoms with Gasteiger partial charge in [-0.2, -0.15) is 0 Å². The van der Waals surface area contributed by atoms with Crippen LogP contribution in [0, 0.1) is 0 Å². The predicted molar refractivity (Wildman–Crippen MR) is 91.9 cm³/mol. The molecule has 0 aliphatic rings. The minimum Gasteiger partial charge on any atom is -0.497 e. The Morgan fingerprint density at radius 3 is 2.56 bits per heavy atom. The standard InChI is InChI=1S/C18H14N2O5/c1-25-12-4-2-3-11(8-12)20-16-13-7-10(17(21)22)5-6-15(13)19-9-14(16)18(23)24/h2-9H,1H3,(H,19,20)(H,21,22)(H,23,24). The molecule has 0 saturated heterocycles. The molecule has 0 unspecified atom stereocenters. The van der Waals surface area contributed by atoms with Crippen molar-refractivity contribution >= 4 is 34.2 Å². The Labute approximate surface area is 142 Å². The summed E-state index contributed by atoms with van der Waals surface area (Å²) in [5, 5.41) is 22.1. The van der Waals surface area contributed by atoms with E-state index in [1.807, 2.05) is 0 Å². The lowest BCUT2D eigenvalue weighted by Crippen LogP contribution is -2.05. The second-order valence-corrected chi connectivity index (χ2v) is 5.25. The molecule has 0 atom stereocenters. The van der Waals surface area contributed by atoms with E-state index in [1.165, 1.54) is 25.4 Å². The molecule has 126 valence electrons. The fraction of sp³-hybridized carbons (Fsp3) is 0.0556. The quantitative estimate of drug-likeness (QED) is 0.654. The van der Waals surface area contributed by atoms with Gasteiger partial charge in [-0.3, -0.25) is 4.98 Å². The van der Waals surface area contributed by atoms with Crippen molar-refractivity contribution in [2.45, 2.75) is 0 Å². The number of carboxylic acids is 2. The molecule has 2 aromatic carbocycles. The van der Waals surface area contributed by atoms with E-state index in [0.29, 0.717) is 22.3 Å². The molecule has 1 aromatic heterocycles. The second-order valence-electron chi connectivity index (χ2n) is 5.25. The first-order valence-electron chi connectivity index (χ1n) is 7.30. The minimum atomic E-state index is -1.17. The van der Waals surface area contributed by atoms with Crippen molar-refractivity contribution < 1.29 is 24.5 Å². The van der Waals surface area contributed by atoms with Gasteiger partial charge in [0.2, 0.25) is 0 Å². The van der Waals surface area contributed by atoms with Crippen molar-refractivity contribution in [3.63, 3.8) is 0 Å². The number of nitrogens with one attached hydrogen (secondary N) is 1. The van der Waals surface area contributed by atoms with Crippen LogP contribution in [0.25, 0.3) is 10.9 Å². The molecule has 0 aliphatic heterocycles. The second kappa shape index (κ2) is 6.48. The van der Waals surface area contributed by atoms with Gasteiger partial charge in [0, 0.05) is 23.3 Å². The van der Waals surface area contributed by atoms with Gasteiger partial charge in [-0.15, -0.1) is 0 Å². The van der Waals surface area contributed by atoms with Gasteiger partial charge in [-0.05, 0) is 30.3 Å². The molecular weight excluding hydrogens is 324 g/mol. The Hall–Kier alpha value is -3.61. The highest BCUT2D eigenvalue weighted by molar-refractivity contribution is 6.07. The molecule has 7 nitrogen and oxygen atoms in total. The summed E-state index contributed by atoms with van der Waals surface area (Å²) >= 11 is 0. The highest BCUT2D eigenvalue weighted by atomic mass is 16.5. The van der Waals surface area contributed by atoms with Gasteiger partial charge < -0.3 is 20.3 Å². The lowest BCUT2D eigenvalue weighted by atomic mass is 10.1. The third-order valence-corrected chi connectivity index (χ3v) is 3.68. The number of methoxy groups -OCH3 is 1. The highest BCUT2D eigenvalue weighted by Crippen LogP contribution is 2.31. The van der Waals surface area contributed by atoms with Crippen molar-refractivity contribution in [3.8, 4) is 5.75 Å². The number of aromatic carboxylic acids is 2. The Morgan fingerprint density at radius 1 is 1.08 bits per heavy atom. The van der Waals surface area contributed by atoms with Gasteiger partial charge in [0.15, 0.2) is 0 Å². The van der Waals surface area contributed by atoms with E-state index >= 15 is 0 Å². The number of pyridine rings is 1. The molecular formula is C18H14N2O5. The van der Waals surface area contributed by atoms with Gasteiger partial charge in [-0.1, -0.05) is 6.07 Å². The van der Waals surface area contributed by atoms with Crippen LogP contribution in [0.1, 0.15) is 20.7 Å². The fourth-order valence-corrected chi connectivity index (χ4v) is 2.47. The number of hydrogen-bond acceptors (Lipinski definition) is 5. The van der Waals surface area contributed by atoms with Crippen molar-refractivity contribution in [2.75, 3.05) is 12.4 Å². The van der Waals surface area contributed by atoms with Gasteiger partial charge in [-0.25, -0.2) is 9.59 Å². The minimum absolute atomic E-state index is 0.0468. The van der Waals surface area contributed by atoms with Crippen LogP contribution in [-0.4, -0.2) is 34.2 Å². The number of nitrogens with zero attached hydrogens (tertiary/aromatic N) is 1. The first kappa shape index (κ1) is 16.3. The molecule has 0 saturated carbocycles. The summed E-state index contributed by atoms with van der Waals surface area (Å²) in [4.78, 5) is 26.9. The number of anilines is 2. The Balaban J connectivity index is 2.21. The monoisotopic (exact) mass is 338 g/mol. The van der Waals surface area contributed by atoms with E-state index in [-0.39, 0.29) is 16.8 Å². The summed E-state index contributed by atoms with van der Waals surface area (Å²) in [7, 11) is 1.53. The average Bonchev–Trinajstić information content (AvgIpc) is 2.61. The summed E-state index contributed by atoms with van der Waals surface area (Å²) in [6, 6.07) is 11.3. The van der Waals surface area contributed by atoms with Gasteiger partial charge in [0.1, 0.15) is 11.3 Å². The highest BCUT2D eigenvalue weighted by Gasteiger charge is 2.16. The topological polar surface area (TPSA) is 109 Å². The number of carbonyl (C=O) groups is 2. The third kappa shape index (κ3) is 3.20. The number of ether oxygens (including phenoxy) is 1. The number of aromatic nitrogens is 1. The van der Waals surface area contributed by atoms with Crippen LogP contribution in [-0.2, 0) is 0 Å². The molecule has 1 heterocycles. The number of fused-ring (bicyclic) bond motifs is 1. The van der Waals surface area contributed by atoms with Crippen LogP contribution in [0.4, 0.5) is 11.4 Å². The number of benzene rings is 2. The normalized spacial score (nSPS) is 10.4. The lowest BCUT2D eigenvalue weighted by Gasteiger charge is -2.14. The Bertz CT molecular complexity index is 979. The number of hydrogen-bond donors (Lipinski definition) is 3. The van der Waals surface area contributed by atoms with Crippen LogP contribution in [0.15, 0.2) is 48.7 Å². The average molecular weight is 338 g/mol. The van der Waals surface area contributed by atoms with Gasteiger partial charge in [0.25, 0.3) is 0 Å². The number of carboxylic acid groups (broad SMARTS) is 2. The van der Waals surface area contributed by atoms with Crippen LogP contribution in [0.2, 0.25) is 0 Å². The zero-order valence-electron chi connectivity index (χ0n) is 13.2. The molecule has 0 bridgehead atoms. The summed E-state index contributed by atoms with van der Waals surface area (Å²) in [6.07, 6.45) is 1.24. The first-order valence-corrected chi connectivity index (χ1v) is 7.30. The molecule has 3 aromatic rings. The van der Waals surface area contributed by atoms with E-state index in [2.05, 4.69) is 10.3 Å². The maximum Gasteiger partial charge on any atom is 0.339 e. The molecule has 0 radical (unpaired) electrons. The van der Waals surface area contributed by atoms with E-state index in [4.69, 9.17) is 4.74 Å². The zero-order chi connectivity index (χ0) is 18.0. The van der Waals surface area contributed by atoms with Crippen molar-refractivity contribution in [3.05, 3.63) is 59.8 Å². The molecule has 0 fully saturated rings. The Kier molecular flexibility index (Phi) is 4.21. The van der Waals surface area contributed by atoms with Gasteiger partial charge >= 0.3 is 11.9 Å². The van der Waals surface area contributed by atoms with Crippen LogP contribution in [0.5, 0.6) is 5.75 Å². The van der Waals surface area contributed by atoms with Crippen LogP contribution in [0.3, 0.4) is 0 Å². The Morgan fingerprint density at radius 2 is 1.88 bits per heavy atom.